The fraction of sp³-hybridized carbons (Fsp3) is 0.538. The minimum Gasteiger partial charge on any atom is -0.306 e. The van der Waals surface area contributed by atoms with Gasteiger partial charge in [0.05, 0.1) is 10.5 Å². The van der Waals surface area contributed by atoms with Gasteiger partial charge in [-0.3, -0.25) is 0 Å². The van der Waals surface area contributed by atoms with Gasteiger partial charge in [-0.15, -0.1) is 12.4 Å². The van der Waals surface area contributed by atoms with Gasteiger partial charge in [0.2, 0.25) is 10.0 Å². The number of halogens is 4. The van der Waals surface area contributed by atoms with Crippen molar-refractivity contribution in [1.29, 1.82) is 0 Å². The van der Waals surface area contributed by atoms with Crippen molar-refractivity contribution in [3.63, 3.8) is 0 Å². The molecule has 1 N–H and O–H groups in total. The fourth-order valence-corrected chi connectivity index (χ4v) is 3.54. The van der Waals surface area contributed by atoms with E-state index >= 15 is 0 Å². The van der Waals surface area contributed by atoms with Crippen LogP contribution in [0, 0.1) is 0 Å². The summed E-state index contributed by atoms with van der Waals surface area (Å²) in [5, 5.41) is 0. The third-order valence-corrected chi connectivity index (χ3v) is 5.07. The van der Waals surface area contributed by atoms with Crippen LogP contribution >= 0.6 is 12.4 Å². The molecule has 126 valence electrons. The van der Waals surface area contributed by atoms with E-state index in [0.29, 0.717) is 12.8 Å². The number of rotatable bonds is 3. The first kappa shape index (κ1) is 19.2. The maximum atomic E-state index is 12.5. The quantitative estimate of drug-likeness (QED) is 0.903. The van der Waals surface area contributed by atoms with Crippen molar-refractivity contribution in [2.45, 2.75) is 30.0 Å². The average Bonchev–Trinajstić information content (AvgIpc) is 2.40. The van der Waals surface area contributed by atoms with Gasteiger partial charge >= 0.3 is 6.18 Å². The lowest BCUT2D eigenvalue weighted by Crippen LogP contribution is -2.43. The second kappa shape index (κ2) is 7.16. The monoisotopic (exact) mass is 358 g/mol. The lowest BCUT2D eigenvalue weighted by atomic mass is 10.1. The highest BCUT2D eigenvalue weighted by molar-refractivity contribution is 7.89. The Kier molecular flexibility index (Phi) is 6.26. The largest absolute Gasteiger partial charge is 0.416 e. The van der Waals surface area contributed by atoms with Crippen LogP contribution < -0.4 is 4.72 Å². The first-order chi connectivity index (χ1) is 9.68. The number of hydrogen-bond donors (Lipinski definition) is 1. The molecule has 0 spiro atoms. The standard InChI is InChI=1S/C13H17F3N2O2S.ClH/c1-18-8-6-11(7-9-18)17-21(19,20)12-4-2-10(3-5-12)13(14,15)16;/h2-5,11,17H,6-9H2,1H3;1H. The van der Waals surface area contributed by atoms with Gasteiger partial charge in [0.15, 0.2) is 0 Å². The SMILES string of the molecule is CN1CCC(NS(=O)(=O)c2ccc(C(F)(F)F)cc2)CC1.Cl. The van der Waals surface area contributed by atoms with Gasteiger partial charge in [0, 0.05) is 6.04 Å². The van der Waals surface area contributed by atoms with Crippen LogP contribution in [-0.2, 0) is 16.2 Å². The van der Waals surface area contributed by atoms with Crippen LogP contribution in [0.4, 0.5) is 13.2 Å². The lowest BCUT2D eigenvalue weighted by Gasteiger charge is -2.29. The fourth-order valence-electron chi connectivity index (χ4n) is 2.24. The van der Waals surface area contributed by atoms with Gasteiger partial charge in [0.1, 0.15) is 0 Å². The molecule has 0 radical (unpaired) electrons. The van der Waals surface area contributed by atoms with Gasteiger partial charge in [-0.1, -0.05) is 0 Å². The number of nitrogens with zero attached hydrogens (tertiary/aromatic N) is 1. The van der Waals surface area contributed by atoms with E-state index in [9.17, 15) is 21.6 Å². The van der Waals surface area contributed by atoms with Crippen molar-refractivity contribution in [3.05, 3.63) is 29.8 Å². The maximum Gasteiger partial charge on any atom is 0.416 e. The van der Waals surface area contributed by atoms with Gasteiger partial charge in [-0.25, -0.2) is 13.1 Å². The molecule has 0 aliphatic carbocycles. The maximum absolute atomic E-state index is 12.5. The number of hydrogen-bond acceptors (Lipinski definition) is 3. The summed E-state index contributed by atoms with van der Waals surface area (Å²) in [5.41, 5.74) is -0.860. The zero-order valence-corrected chi connectivity index (χ0v) is 13.6. The molecule has 1 saturated heterocycles. The predicted octanol–water partition coefficient (Wildman–Crippen LogP) is 2.50. The van der Waals surface area contributed by atoms with Gasteiger partial charge in [0.25, 0.3) is 0 Å². The number of nitrogens with one attached hydrogen (secondary N) is 1. The van der Waals surface area contributed by atoms with Crippen LogP contribution in [0.15, 0.2) is 29.2 Å². The summed E-state index contributed by atoms with van der Waals surface area (Å²) >= 11 is 0. The molecule has 1 aromatic rings. The molecule has 0 aromatic heterocycles. The van der Waals surface area contributed by atoms with Gasteiger partial charge in [-0.05, 0) is 57.2 Å². The molecule has 0 amide bonds. The molecule has 1 aliphatic rings. The number of alkyl halides is 3. The first-order valence-corrected chi connectivity index (χ1v) is 8.05. The van der Waals surface area contributed by atoms with Crippen LogP contribution in [0.3, 0.4) is 0 Å². The van der Waals surface area contributed by atoms with E-state index < -0.39 is 21.8 Å². The van der Waals surface area contributed by atoms with Crippen molar-refractivity contribution < 1.29 is 21.6 Å². The van der Waals surface area contributed by atoms with E-state index in [4.69, 9.17) is 0 Å². The predicted molar refractivity (Wildman–Crippen MR) is 79.5 cm³/mol. The Hall–Kier alpha value is -0.830. The number of piperidine rings is 1. The number of sulfonamides is 1. The van der Waals surface area contributed by atoms with E-state index in [0.717, 1.165) is 37.4 Å². The molecule has 2 rings (SSSR count). The van der Waals surface area contributed by atoms with Crippen LogP contribution in [-0.4, -0.2) is 39.5 Å². The summed E-state index contributed by atoms with van der Waals surface area (Å²) in [5.74, 6) is 0. The smallest absolute Gasteiger partial charge is 0.306 e. The molecule has 1 fully saturated rings. The van der Waals surface area contributed by atoms with Crippen LogP contribution in [0.5, 0.6) is 0 Å². The Morgan fingerprint density at radius 3 is 2.09 bits per heavy atom. The normalized spacial score (nSPS) is 18.0. The highest BCUT2D eigenvalue weighted by Gasteiger charge is 2.31. The van der Waals surface area contributed by atoms with Gasteiger partial charge < -0.3 is 4.90 Å². The van der Waals surface area contributed by atoms with E-state index in [1.807, 2.05) is 7.05 Å². The summed E-state index contributed by atoms with van der Waals surface area (Å²) in [6.07, 6.45) is -3.09. The molecular weight excluding hydrogens is 341 g/mol. The first-order valence-electron chi connectivity index (χ1n) is 6.56. The van der Waals surface area contributed by atoms with E-state index in [1.165, 1.54) is 0 Å². The zero-order chi connectivity index (χ0) is 15.7. The molecule has 22 heavy (non-hydrogen) atoms. The minimum atomic E-state index is -4.47. The van der Waals surface area contributed by atoms with Crippen molar-refractivity contribution in [3.8, 4) is 0 Å². The molecule has 0 atom stereocenters. The second-order valence-electron chi connectivity index (χ2n) is 5.22. The minimum absolute atomic E-state index is 0. The Morgan fingerprint density at radius 2 is 1.64 bits per heavy atom. The van der Waals surface area contributed by atoms with Crippen LogP contribution in [0.1, 0.15) is 18.4 Å². The van der Waals surface area contributed by atoms with E-state index in [2.05, 4.69) is 9.62 Å². The van der Waals surface area contributed by atoms with Crippen molar-refractivity contribution in [1.82, 2.24) is 9.62 Å². The lowest BCUT2D eigenvalue weighted by molar-refractivity contribution is -0.137. The van der Waals surface area contributed by atoms with Crippen LogP contribution in [0.25, 0.3) is 0 Å². The third-order valence-electron chi connectivity index (χ3n) is 3.53. The van der Waals surface area contributed by atoms with Gasteiger partial charge in [-0.2, -0.15) is 13.2 Å². The van der Waals surface area contributed by atoms with Crippen molar-refractivity contribution >= 4 is 22.4 Å². The summed E-state index contributed by atoms with van der Waals surface area (Å²) in [7, 11) is -1.82. The molecule has 0 bridgehead atoms. The second-order valence-corrected chi connectivity index (χ2v) is 6.93. The average molecular weight is 359 g/mol. The molecule has 1 aliphatic heterocycles. The molecular formula is C13H18ClF3N2O2S. The van der Waals surface area contributed by atoms with Crippen molar-refractivity contribution in [2.24, 2.45) is 0 Å². The Balaban J connectivity index is 0.00000242. The summed E-state index contributed by atoms with van der Waals surface area (Å²) < 4.78 is 64.2. The number of benzene rings is 1. The summed E-state index contributed by atoms with van der Waals surface area (Å²) in [6, 6.07) is 3.36. The van der Waals surface area contributed by atoms with E-state index in [1.54, 1.807) is 0 Å². The number of likely N-dealkylation sites (tertiary alicyclic amines) is 1. The summed E-state index contributed by atoms with van der Waals surface area (Å²) in [6.45, 7) is 1.58. The van der Waals surface area contributed by atoms with Crippen LogP contribution in [0.2, 0.25) is 0 Å². The highest BCUT2D eigenvalue weighted by Crippen LogP contribution is 2.29. The molecule has 0 saturated carbocycles. The Bertz CT molecular complexity index is 582. The summed E-state index contributed by atoms with van der Waals surface area (Å²) in [4.78, 5) is 1.96. The Morgan fingerprint density at radius 1 is 1.14 bits per heavy atom. The molecule has 1 aromatic carbocycles. The molecule has 1 heterocycles. The Labute approximate surface area is 134 Å². The topological polar surface area (TPSA) is 49.4 Å². The molecule has 4 nitrogen and oxygen atoms in total. The highest BCUT2D eigenvalue weighted by atomic mass is 35.5. The molecule has 0 unspecified atom stereocenters. The molecule has 9 heteroatoms. The zero-order valence-electron chi connectivity index (χ0n) is 11.9. The van der Waals surface area contributed by atoms with Crippen molar-refractivity contribution in [2.75, 3.05) is 20.1 Å². The third kappa shape index (κ3) is 4.84. The van der Waals surface area contributed by atoms with E-state index in [-0.39, 0.29) is 23.3 Å².